The fraction of sp³-hybridized carbons (Fsp3) is 0.429. The largest absolute Gasteiger partial charge is 0.478 e. The maximum absolute atomic E-state index is 10.4. The van der Waals surface area contributed by atoms with Crippen LogP contribution in [0.5, 0.6) is 0 Å². The molecule has 1 fully saturated rings. The number of rotatable bonds is 6. The summed E-state index contributed by atoms with van der Waals surface area (Å²) >= 11 is 0. The van der Waals surface area contributed by atoms with Crippen molar-refractivity contribution in [3.63, 3.8) is 0 Å². The third-order valence-electron chi connectivity index (χ3n) is 3.07. The highest BCUT2D eigenvalue weighted by molar-refractivity contribution is 5.85. The number of carboxylic acids is 1. The van der Waals surface area contributed by atoms with E-state index in [-0.39, 0.29) is 0 Å². The molecule has 1 aromatic heterocycles. The molecule has 2 rings (SSSR count). The van der Waals surface area contributed by atoms with Crippen molar-refractivity contribution in [1.82, 2.24) is 4.98 Å². The zero-order valence-corrected chi connectivity index (χ0v) is 10.5. The van der Waals surface area contributed by atoms with Crippen LogP contribution in [0.25, 0.3) is 6.08 Å². The quantitative estimate of drug-likeness (QED) is 0.783. The van der Waals surface area contributed by atoms with Gasteiger partial charge in [0.25, 0.3) is 0 Å². The van der Waals surface area contributed by atoms with E-state index in [1.165, 1.54) is 12.8 Å². The van der Waals surface area contributed by atoms with Crippen LogP contribution >= 0.6 is 0 Å². The minimum atomic E-state index is -0.942. The molecule has 1 heterocycles. The molecule has 1 N–H and O–H groups in total. The van der Waals surface area contributed by atoms with Gasteiger partial charge in [0.05, 0.1) is 0 Å². The van der Waals surface area contributed by atoms with Gasteiger partial charge in [0.2, 0.25) is 0 Å². The van der Waals surface area contributed by atoms with E-state index >= 15 is 0 Å². The molecule has 0 unspecified atom stereocenters. The van der Waals surface area contributed by atoms with Crippen LogP contribution in [0.2, 0.25) is 0 Å². The Morgan fingerprint density at radius 2 is 2.33 bits per heavy atom. The first-order valence-electron chi connectivity index (χ1n) is 6.31. The van der Waals surface area contributed by atoms with Crippen molar-refractivity contribution in [2.24, 2.45) is 5.92 Å². The SMILES string of the molecule is CCN(CC1CC1)c1ccc(/C=C/C(=O)O)cn1. The lowest BCUT2D eigenvalue weighted by Crippen LogP contribution is -2.25. The van der Waals surface area contributed by atoms with Crippen LogP contribution in [-0.2, 0) is 4.79 Å². The second kappa shape index (κ2) is 5.67. The molecule has 0 saturated heterocycles. The summed E-state index contributed by atoms with van der Waals surface area (Å²) in [5.74, 6) is 0.859. The molecule has 0 bridgehead atoms. The van der Waals surface area contributed by atoms with Crippen LogP contribution in [0, 0.1) is 5.92 Å². The summed E-state index contributed by atoms with van der Waals surface area (Å²) in [6.07, 6.45) is 7.05. The van der Waals surface area contributed by atoms with E-state index in [0.717, 1.165) is 36.5 Å². The molecule has 0 radical (unpaired) electrons. The zero-order chi connectivity index (χ0) is 13.0. The lowest BCUT2D eigenvalue weighted by molar-refractivity contribution is -0.131. The van der Waals surface area contributed by atoms with E-state index in [1.54, 1.807) is 12.3 Å². The standard InChI is InChI=1S/C14H18N2O2/c1-2-16(10-12-3-4-12)13-7-5-11(9-15-13)6-8-14(17)18/h5-9,12H,2-4,10H2,1H3,(H,17,18)/b8-6+. The van der Waals surface area contributed by atoms with Gasteiger partial charge in [-0.25, -0.2) is 9.78 Å². The fourth-order valence-corrected chi connectivity index (χ4v) is 1.85. The van der Waals surface area contributed by atoms with Crippen LogP contribution in [0.4, 0.5) is 5.82 Å². The normalized spacial score (nSPS) is 14.9. The van der Waals surface area contributed by atoms with E-state index in [1.807, 2.05) is 12.1 Å². The summed E-state index contributed by atoms with van der Waals surface area (Å²) in [5.41, 5.74) is 0.809. The first kappa shape index (κ1) is 12.6. The van der Waals surface area contributed by atoms with Gasteiger partial charge in [0.15, 0.2) is 0 Å². The Morgan fingerprint density at radius 1 is 1.56 bits per heavy atom. The molecule has 0 atom stereocenters. The van der Waals surface area contributed by atoms with Gasteiger partial charge >= 0.3 is 5.97 Å². The summed E-state index contributed by atoms with van der Waals surface area (Å²) in [6, 6.07) is 3.85. The molecular formula is C14H18N2O2. The second-order valence-corrected chi connectivity index (χ2v) is 4.60. The van der Waals surface area contributed by atoms with Crippen molar-refractivity contribution >= 4 is 17.9 Å². The van der Waals surface area contributed by atoms with Gasteiger partial charge in [0, 0.05) is 25.4 Å². The van der Waals surface area contributed by atoms with Crippen molar-refractivity contribution in [3.8, 4) is 0 Å². The van der Waals surface area contributed by atoms with Gasteiger partial charge in [-0.1, -0.05) is 0 Å². The van der Waals surface area contributed by atoms with Crippen LogP contribution in [0.15, 0.2) is 24.4 Å². The molecule has 1 saturated carbocycles. The number of aliphatic carboxylic acids is 1. The van der Waals surface area contributed by atoms with Crippen LogP contribution in [0.3, 0.4) is 0 Å². The third kappa shape index (κ3) is 3.58. The van der Waals surface area contributed by atoms with Crippen LogP contribution in [0.1, 0.15) is 25.3 Å². The minimum Gasteiger partial charge on any atom is -0.478 e. The topological polar surface area (TPSA) is 53.4 Å². The first-order chi connectivity index (χ1) is 8.69. The highest BCUT2D eigenvalue weighted by atomic mass is 16.4. The third-order valence-corrected chi connectivity index (χ3v) is 3.07. The number of carboxylic acid groups (broad SMARTS) is 1. The van der Waals surface area contributed by atoms with Gasteiger partial charge in [-0.3, -0.25) is 0 Å². The lowest BCUT2D eigenvalue weighted by Gasteiger charge is -2.21. The number of nitrogens with zero attached hydrogens (tertiary/aromatic N) is 2. The number of hydrogen-bond donors (Lipinski definition) is 1. The van der Waals surface area contributed by atoms with Gasteiger partial charge in [-0.15, -0.1) is 0 Å². The Labute approximate surface area is 107 Å². The molecule has 0 spiro atoms. The molecule has 1 aliphatic rings. The Hall–Kier alpha value is -1.84. The molecule has 4 nitrogen and oxygen atoms in total. The molecule has 4 heteroatoms. The minimum absolute atomic E-state index is 0.809. The van der Waals surface area contributed by atoms with Gasteiger partial charge in [-0.2, -0.15) is 0 Å². The zero-order valence-electron chi connectivity index (χ0n) is 10.5. The maximum atomic E-state index is 10.4. The van der Waals surface area contributed by atoms with E-state index in [4.69, 9.17) is 5.11 Å². The molecule has 1 aliphatic carbocycles. The number of aromatic nitrogens is 1. The predicted molar refractivity (Wildman–Crippen MR) is 71.5 cm³/mol. The summed E-state index contributed by atoms with van der Waals surface area (Å²) in [4.78, 5) is 17.1. The van der Waals surface area contributed by atoms with E-state index in [0.29, 0.717) is 0 Å². The van der Waals surface area contributed by atoms with E-state index < -0.39 is 5.97 Å². The fourth-order valence-electron chi connectivity index (χ4n) is 1.85. The van der Waals surface area contributed by atoms with Crippen molar-refractivity contribution in [2.75, 3.05) is 18.0 Å². The molecule has 1 aromatic rings. The number of anilines is 1. The van der Waals surface area contributed by atoms with Gasteiger partial charge in [0.1, 0.15) is 5.82 Å². The van der Waals surface area contributed by atoms with Gasteiger partial charge in [-0.05, 0) is 49.5 Å². The summed E-state index contributed by atoms with van der Waals surface area (Å²) in [7, 11) is 0. The number of hydrogen-bond acceptors (Lipinski definition) is 3. The molecule has 18 heavy (non-hydrogen) atoms. The van der Waals surface area contributed by atoms with E-state index in [9.17, 15) is 4.79 Å². The average Bonchev–Trinajstić information content (AvgIpc) is 3.18. The number of carbonyl (C=O) groups is 1. The first-order valence-corrected chi connectivity index (χ1v) is 6.31. The van der Waals surface area contributed by atoms with Crippen molar-refractivity contribution in [1.29, 1.82) is 0 Å². The van der Waals surface area contributed by atoms with Crippen molar-refractivity contribution in [3.05, 3.63) is 30.0 Å². The summed E-state index contributed by atoms with van der Waals surface area (Å²) in [6.45, 7) is 4.16. The Morgan fingerprint density at radius 3 is 2.83 bits per heavy atom. The smallest absolute Gasteiger partial charge is 0.328 e. The van der Waals surface area contributed by atoms with Gasteiger partial charge < -0.3 is 10.0 Å². The molecule has 96 valence electrons. The van der Waals surface area contributed by atoms with Crippen LogP contribution in [-0.4, -0.2) is 29.1 Å². The molecule has 0 amide bonds. The second-order valence-electron chi connectivity index (χ2n) is 4.60. The Balaban J connectivity index is 2.02. The monoisotopic (exact) mass is 246 g/mol. The van der Waals surface area contributed by atoms with Crippen molar-refractivity contribution in [2.45, 2.75) is 19.8 Å². The average molecular weight is 246 g/mol. The predicted octanol–water partition coefficient (Wildman–Crippen LogP) is 2.42. The molecule has 0 aromatic carbocycles. The van der Waals surface area contributed by atoms with Crippen molar-refractivity contribution < 1.29 is 9.90 Å². The molecule has 0 aliphatic heterocycles. The summed E-state index contributed by atoms with van der Waals surface area (Å²) in [5, 5.41) is 8.55. The number of pyridine rings is 1. The Bertz CT molecular complexity index is 436. The molecular weight excluding hydrogens is 228 g/mol. The van der Waals surface area contributed by atoms with Crippen LogP contribution < -0.4 is 4.90 Å². The maximum Gasteiger partial charge on any atom is 0.328 e. The summed E-state index contributed by atoms with van der Waals surface area (Å²) < 4.78 is 0. The lowest BCUT2D eigenvalue weighted by atomic mass is 10.2. The van der Waals surface area contributed by atoms with E-state index in [2.05, 4.69) is 16.8 Å². The highest BCUT2D eigenvalue weighted by Gasteiger charge is 2.24. The Kier molecular flexibility index (Phi) is 3.97. The highest BCUT2D eigenvalue weighted by Crippen LogP contribution is 2.30.